The quantitative estimate of drug-likeness (QED) is 0.774. The van der Waals surface area contributed by atoms with Crippen LogP contribution in [0.25, 0.3) is 0 Å². The largest absolute Gasteiger partial charge is 0.497 e. The molecule has 0 unspecified atom stereocenters. The maximum Gasteiger partial charge on any atom is 0.325 e. The third-order valence-electron chi connectivity index (χ3n) is 4.86. The van der Waals surface area contributed by atoms with E-state index in [0.717, 1.165) is 18.6 Å². The SMILES string of the molecule is COc1ccc(NC(=O)CCCN2C(=O)NC3(CCCC3)C2=O)cc1. The molecule has 1 aromatic rings. The number of nitrogens with one attached hydrogen (secondary N) is 2. The van der Waals surface area contributed by atoms with Crippen LogP contribution in [0.1, 0.15) is 38.5 Å². The first kappa shape index (κ1) is 17.3. The zero-order valence-electron chi connectivity index (χ0n) is 14.3. The van der Waals surface area contributed by atoms with Crippen LogP contribution in [0, 0.1) is 0 Å². The molecule has 3 rings (SSSR count). The van der Waals surface area contributed by atoms with Crippen molar-refractivity contribution >= 4 is 23.5 Å². The lowest BCUT2D eigenvalue weighted by Crippen LogP contribution is -2.44. The molecule has 1 aliphatic carbocycles. The fourth-order valence-corrected chi connectivity index (χ4v) is 3.49. The minimum Gasteiger partial charge on any atom is -0.497 e. The zero-order valence-corrected chi connectivity index (χ0v) is 14.3. The van der Waals surface area contributed by atoms with Crippen molar-refractivity contribution in [2.24, 2.45) is 0 Å². The molecule has 2 aliphatic rings. The molecule has 2 N–H and O–H groups in total. The van der Waals surface area contributed by atoms with E-state index in [0.29, 0.717) is 24.9 Å². The van der Waals surface area contributed by atoms with E-state index in [1.54, 1.807) is 31.4 Å². The van der Waals surface area contributed by atoms with E-state index in [4.69, 9.17) is 4.74 Å². The van der Waals surface area contributed by atoms with Crippen molar-refractivity contribution in [2.75, 3.05) is 19.0 Å². The summed E-state index contributed by atoms with van der Waals surface area (Å²) < 4.78 is 5.07. The number of carbonyl (C=O) groups is 3. The summed E-state index contributed by atoms with van der Waals surface area (Å²) in [7, 11) is 1.58. The van der Waals surface area contributed by atoms with Crippen LogP contribution in [0.5, 0.6) is 5.75 Å². The highest BCUT2D eigenvalue weighted by molar-refractivity contribution is 6.07. The average Bonchev–Trinajstić information content (AvgIpc) is 3.16. The van der Waals surface area contributed by atoms with Crippen molar-refractivity contribution in [3.63, 3.8) is 0 Å². The van der Waals surface area contributed by atoms with Gasteiger partial charge in [-0.1, -0.05) is 12.8 Å². The van der Waals surface area contributed by atoms with Gasteiger partial charge in [-0.25, -0.2) is 4.79 Å². The molecule has 25 heavy (non-hydrogen) atoms. The molecule has 2 fully saturated rings. The van der Waals surface area contributed by atoms with E-state index in [2.05, 4.69) is 10.6 Å². The predicted octanol–water partition coefficient (Wildman–Crippen LogP) is 2.28. The second-order valence-electron chi connectivity index (χ2n) is 6.56. The molecule has 0 atom stereocenters. The van der Waals surface area contributed by atoms with Crippen molar-refractivity contribution in [1.29, 1.82) is 0 Å². The normalized spacial score (nSPS) is 18.5. The lowest BCUT2D eigenvalue weighted by molar-refractivity contribution is -0.131. The van der Waals surface area contributed by atoms with Crippen LogP contribution in [0.4, 0.5) is 10.5 Å². The lowest BCUT2D eigenvalue weighted by atomic mass is 9.98. The number of nitrogens with zero attached hydrogens (tertiary/aromatic N) is 1. The summed E-state index contributed by atoms with van der Waals surface area (Å²) in [5, 5.41) is 5.63. The molecule has 1 saturated carbocycles. The molecule has 7 heteroatoms. The highest BCUT2D eigenvalue weighted by Gasteiger charge is 2.51. The van der Waals surface area contributed by atoms with E-state index in [1.165, 1.54) is 4.90 Å². The van der Waals surface area contributed by atoms with Gasteiger partial charge in [0, 0.05) is 18.7 Å². The number of anilines is 1. The van der Waals surface area contributed by atoms with Gasteiger partial charge in [0.25, 0.3) is 5.91 Å². The van der Waals surface area contributed by atoms with E-state index in [-0.39, 0.29) is 30.8 Å². The number of amides is 4. The van der Waals surface area contributed by atoms with Gasteiger partial charge in [0.15, 0.2) is 0 Å². The third-order valence-corrected chi connectivity index (χ3v) is 4.86. The lowest BCUT2D eigenvalue weighted by Gasteiger charge is -2.19. The Bertz CT molecular complexity index is 665. The predicted molar refractivity (Wildman–Crippen MR) is 92.3 cm³/mol. The number of hydrogen-bond donors (Lipinski definition) is 2. The zero-order chi connectivity index (χ0) is 17.9. The highest BCUT2D eigenvalue weighted by atomic mass is 16.5. The molecule has 134 valence electrons. The molecule has 0 radical (unpaired) electrons. The van der Waals surface area contributed by atoms with E-state index >= 15 is 0 Å². The molecule has 1 saturated heterocycles. The minimum atomic E-state index is -0.678. The Morgan fingerprint density at radius 1 is 1.24 bits per heavy atom. The van der Waals surface area contributed by atoms with Crippen molar-refractivity contribution in [3.8, 4) is 5.75 Å². The van der Waals surface area contributed by atoms with Crippen LogP contribution in [-0.2, 0) is 9.59 Å². The molecule has 0 bridgehead atoms. The van der Waals surface area contributed by atoms with Crippen molar-refractivity contribution < 1.29 is 19.1 Å². The monoisotopic (exact) mass is 345 g/mol. The average molecular weight is 345 g/mol. The molecule has 1 spiro atoms. The van der Waals surface area contributed by atoms with Crippen LogP contribution < -0.4 is 15.4 Å². The molecule has 1 aliphatic heterocycles. The van der Waals surface area contributed by atoms with Gasteiger partial charge >= 0.3 is 6.03 Å². The first-order valence-corrected chi connectivity index (χ1v) is 8.62. The van der Waals surface area contributed by atoms with Crippen LogP contribution in [0.2, 0.25) is 0 Å². The topological polar surface area (TPSA) is 87.7 Å². The van der Waals surface area contributed by atoms with Gasteiger partial charge in [-0.05, 0) is 43.5 Å². The smallest absolute Gasteiger partial charge is 0.325 e. The number of carbonyl (C=O) groups excluding carboxylic acids is 3. The first-order chi connectivity index (χ1) is 12.0. The summed E-state index contributed by atoms with van der Waals surface area (Å²) in [5.41, 5.74) is 0.00770. The fourth-order valence-electron chi connectivity index (χ4n) is 3.49. The Labute approximate surface area is 146 Å². The minimum absolute atomic E-state index is 0.134. The Morgan fingerprint density at radius 2 is 1.92 bits per heavy atom. The summed E-state index contributed by atoms with van der Waals surface area (Å²) in [6.07, 6.45) is 4.04. The number of urea groups is 1. The summed E-state index contributed by atoms with van der Waals surface area (Å²) in [6, 6.07) is 6.73. The molecular weight excluding hydrogens is 322 g/mol. The van der Waals surface area contributed by atoms with Gasteiger partial charge in [0.1, 0.15) is 11.3 Å². The maximum absolute atomic E-state index is 12.5. The maximum atomic E-state index is 12.5. The van der Waals surface area contributed by atoms with Gasteiger partial charge < -0.3 is 15.4 Å². The standard InChI is InChI=1S/C18H23N3O4/c1-25-14-8-6-13(7-9-14)19-15(22)5-4-12-21-16(23)18(20-17(21)24)10-2-3-11-18/h6-9H,2-5,10-12H2,1H3,(H,19,22)(H,20,24). The number of methoxy groups -OCH3 is 1. The Morgan fingerprint density at radius 3 is 2.56 bits per heavy atom. The summed E-state index contributed by atoms with van der Waals surface area (Å²) in [5.74, 6) is 0.441. The Hall–Kier alpha value is -2.57. The summed E-state index contributed by atoms with van der Waals surface area (Å²) >= 11 is 0. The number of benzene rings is 1. The number of ether oxygens (including phenoxy) is 1. The number of imide groups is 1. The second-order valence-corrected chi connectivity index (χ2v) is 6.56. The second kappa shape index (κ2) is 7.13. The Balaban J connectivity index is 1.46. The van der Waals surface area contributed by atoms with Crippen molar-refractivity contribution in [1.82, 2.24) is 10.2 Å². The van der Waals surface area contributed by atoms with Crippen LogP contribution in [0.3, 0.4) is 0 Å². The van der Waals surface area contributed by atoms with Crippen LogP contribution in [0.15, 0.2) is 24.3 Å². The van der Waals surface area contributed by atoms with Gasteiger partial charge in [0.2, 0.25) is 5.91 Å². The summed E-state index contributed by atoms with van der Waals surface area (Å²) in [4.78, 5) is 37.8. The molecule has 7 nitrogen and oxygen atoms in total. The molecule has 4 amide bonds. The molecule has 0 aromatic heterocycles. The molecule has 1 heterocycles. The van der Waals surface area contributed by atoms with Gasteiger partial charge in [-0.3, -0.25) is 14.5 Å². The Kier molecular flexibility index (Phi) is 4.92. The summed E-state index contributed by atoms with van der Waals surface area (Å²) in [6.45, 7) is 0.266. The van der Waals surface area contributed by atoms with Crippen molar-refractivity contribution in [2.45, 2.75) is 44.1 Å². The fraction of sp³-hybridized carbons (Fsp3) is 0.500. The molecule has 1 aromatic carbocycles. The van der Waals surface area contributed by atoms with Gasteiger partial charge in [-0.15, -0.1) is 0 Å². The van der Waals surface area contributed by atoms with E-state index in [9.17, 15) is 14.4 Å². The van der Waals surface area contributed by atoms with E-state index < -0.39 is 5.54 Å². The third kappa shape index (κ3) is 3.60. The van der Waals surface area contributed by atoms with Crippen LogP contribution >= 0.6 is 0 Å². The van der Waals surface area contributed by atoms with E-state index in [1.807, 2.05) is 0 Å². The van der Waals surface area contributed by atoms with Gasteiger partial charge in [-0.2, -0.15) is 0 Å². The van der Waals surface area contributed by atoms with Crippen LogP contribution in [-0.4, -0.2) is 41.9 Å². The van der Waals surface area contributed by atoms with Gasteiger partial charge in [0.05, 0.1) is 7.11 Å². The van der Waals surface area contributed by atoms with Crippen molar-refractivity contribution in [3.05, 3.63) is 24.3 Å². The number of hydrogen-bond acceptors (Lipinski definition) is 4. The first-order valence-electron chi connectivity index (χ1n) is 8.62. The highest BCUT2D eigenvalue weighted by Crippen LogP contribution is 2.35. The molecular formula is C18H23N3O4. The number of rotatable bonds is 6.